The van der Waals surface area contributed by atoms with Gasteiger partial charge in [-0.05, 0) is 25.0 Å². The van der Waals surface area contributed by atoms with E-state index >= 15 is 0 Å². The summed E-state index contributed by atoms with van der Waals surface area (Å²) in [6, 6.07) is 11.1. The number of carbonyl (C=O) groups is 2. The topological polar surface area (TPSA) is 85.2 Å². The zero-order valence-corrected chi connectivity index (χ0v) is 13.5. The number of nitrogens with one attached hydrogen (secondary N) is 2. The van der Waals surface area contributed by atoms with Gasteiger partial charge in [0.05, 0.1) is 5.69 Å². The molecule has 1 fully saturated rings. The molecular weight excluding hydrogens is 324 g/mol. The summed E-state index contributed by atoms with van der Waals surface area (Å²) in [7, 11) is 0. The van der Waals surface area contributed by atoms with E-state index in [1.54, 1.807) is 4.90 Å². The standard InChI is InChI=1S/C17H14N4O2S/c18-9-11-13-14(24-16(11)19-10-5-2-1-3-6-10)17(23)21-8-4-7-12(21)15(22)20-13/h1-3,5-6,12,19H,4,7-8H2,(H,20,22)/t12-/m1/s1. The van der Waals surface area contributed by atoms with E-state index in [9.17, 15) is 14.9 Å². The number of amides is 2. The maximum absolute atomic E-state index is 12.8. The van der Waals surface area contributed by atoms with E-state index in [0.717, 1.165) is 12.1 Å². The van der Waals surface area contributed by atoms with Crippen molar-refractivity contribution in [2.45, 2.75) is 18.9 Å². The van der Waals surface area contributed by atoms with Crippen LogP contribution in [0.15, 0.2) is 30.3 Å². The van der Waals surface area contributed by atoms with Crippen LogP contribution in [0.4, 0.5) is 16.4 Å². The fourth-order valence-electron chi connectivity index (χ4n) is 3.17. The molecule has 0 spiro atoms. The Morgan fingerprint density at radius 2 is 2.08 bits per heavy atom. The minimum atomic E-state index is -0.422. The highest BCUT2D eigenvalue weighted by atomic mass is 32.1. The number of benzene rings is 1. The van der Waals surface area contributed by atoms with E-state index in [1.165, 1.54) is 11.3 Å². The third-order valence-electron chi connectivity index (χ3n) is 4.31. The van der Waals surface area contributed by atoms with Crippen LogP contribution in [0, 0.1) is 11.3 Å². The van der Waals surface area contributed by atoms with Crippen LogP contribution in [0.25, 0.3) is 0 Å². The Morgan fingerprint density at radius 1 is 1.29 bits per heavy atom. The van der Waals surface area contributed by atoms with Gasteiger partial charge >= 0.3 is 0 Å². The SMILES string of the molecule is N#Cc1c(Nc2ccccc2)sc2c1NC(=O)[C@H]1CCCN1C2=O. The van der Waals surface area contributed by atoms with Crippen molar-refractivity contribution in [2.75, 3.05) is 17.2 Å². The zero-order chi connectivity index (χ0) is 16.7. The van der Waals surface area contributed by atoms with E-state index in [2.05, 4.69) is 16.7 Å². The van der Waals surface area contributed by atoms with Crippen LogP contribution >= 0.6 is 11.3 Å². The van der Waals surface area contributed by atoms with Gasteiger partial charge in [0.2, 0.25) is 5.91 Å². The van der Waals surface area contributed by atoms with Crippen LogP contribution in [0.5, 0.6) is 0 Å². The summed E-state index contributed by atoms with van der Waals surface area (Å²) in [4.78, 5) is 27.2. The molecule has 0 bridgehead atoms. The van der Waals surface area contributed by atoms with Crippen molar-refractivity contribution in [1.29, 1.82) is 5.26 Å². The number of anilines is 3. The number of rotatable bonds is 2. The first kappa shape index (κ1) is 14.7. The molecule has 2 aliphatic rings. The molecule has 120 valence electrons. The van der Waals surface area contributed by atoms with Crippen LogP contribution in [0.3, 0.4) is 0 Å². The van der Waals surface area contributed by atoms with Crippen molar-refractivity contribution >= 4 is 39.5 Å². The van der Waals surface area contributed by atoms with Crippen LogP contribution in [0.1, 0.15) is 28.1 Å². The fourth-order valence-corrected chi connectivity index (χ4v) is 4.25. The Hall–Kier alpha value is -2.85. The molecule has 1 aromatic heterocycles. The normalized spacial score (nSPS) is 19.1. The molecule has 4 rings (SSSR count). The van der Waals surface area contributed by atoms with Gasteiger partial charge in [0.15, 0.2) is 0 Å². The van der Waals surface area contributed by atoms with Gasteiger partial charge < -0.3 is 15.5 Å². The summed E-state index contributed by atoms with van der Waals surface area (Å²) >= 11 is 1.21. The van der Waals surface area contributed by atoms with Crippen molar-refractivity contribution in [3.05, 3.63) is 40.8 Å². The van der Waals surface area contributed by atoms with Crippen LogP contribution in [0.2, 0.25) is 0 Å². The summed E-state index contributed by atoms with van der Waals surface area (Å²) in [6.07, 6.45) is 1.49. The van der Waals surface area contributed by atoms with Gasteiger partial charge in [0.1, 0.15) is 27.6 Å². The second-order valence-corrected chi connectivity index (χ2v) is 6.78. The summed E-state index contributed by atoms with van der Waals surface area (Å²) < 4.78 is 0. The molecule has 2 aliphatic heterocycles. The van der Waals surface area contributed by atoms with E-state index in [4.69, 9.17) is 0 Å². The minimum absolute atomic E-state index is 0.173. The molecule has 1 atom stereocenters. The first-order valence-corrected chi connectivity index (χ1v) is 8.51. The number of hydrogen-bond acceptors (Lipinski definition) is 5. The Bertz CT molecular complexity index is 869. The smallest absolute Gasteiger partial charge is 0.266 e. The Kier molecular flexibility index (Phi) is 3.47. The maximum Gasteiger partial charge on any atom is 0.266 e. The van der Waals surface area contributed by atoms with Gasteiger partial charge in [-0.2, -0.15) is 5.26 Å². The number of thiophene rings is 1. The van der Waals surface area contributed by atoms with Crippen molar-refractivity contribution in [1.82, 2.24) is 4.90 Å². The molecule has 0 saturated carbocycles. The zero-order valence-electron chi connectivity index (χ0n) is 12.7. The number of para-hydroxylation sites is 1. The average Bonchev–Trinajstić information content (AvgIpc) is 3.18. The highest BCUT2D eigenvalue weighted by molar-refractivity contribution is 7.19. The van der Waals surface area contributed by atoms with E-state index in [1.807, 2.05) is 30.3 Å². The third kappa shape index (κ3) is 2.23. The number of carbonyl (C=O) groups excluding carboxylic acids is 2. The van der Waals surface area contributed by atoms with E-state index in [-0.39, 0.29) is 11.8 Å². The van der Waals surface area contributed by atoms with Crippen molar-refractivity contribution in [3.63, 3.8) is 0 Å². The lowest BCUT2D eigenvalue weighted by Gasteiger charge is -2.19. The number of fused-ring (bicyclic) bond motifs is 2. The Labute approximate surface area is 142 Å². The summed E-state index contributed by atoms with van der Waals surface area (Å²) in [5, 5.41) is 16.1. The van der Waals surface area contributed by atoms with Gasteiger partial charge in [-0.1, -0.05) is 18.2 Å². The molecular formula is C17H14N4O2S. The molecule has 2 aromatic rings. The van der Waals surface area contributed by atoms with Crippen LogP contribution in [-0.4, -0.2) is 29.3 Å². The van der Waals surface area contributed by atoms with E-state index in [0.29, 0.717) is 34.1 Å². The Morgan fingerprint density at radius 3 is 2.83 bits per heavy atom. The number of hydrogen-bond donors (Lipinski definition) is 2. The van der Waals surface area contributed by atoms with Crippen LogP contribution in [-0.2, 0) is 4.79 Å². The Balaban J connectivity index is 1.78. The number of nitriles is 1. The molecule has 0 unspecified atom stereocenters. The highest BCUT2D eigenvalue weighted by Gasteiger charge is 2.40. The largest absolute Gasteiger partial charge is 0.346 e. The van der Waals surface area contributed by atoms with Crippen LogP contribution < -0.4 is 10.6 Å². The maximum atomic E-state index is 12.8. The lowest BCUT2D eigenvalue weighted by Crippen LogP contribution is -2.40. The third-order valence-corrected chi connectivity index (χ3v) is 5.40. The molecule has 24 heavy (non-hydrogen) atoms. The second kappa shape index (κ2) is 5.65. The molecule has 0 aliphatic carbocycles. The van der Waals surface area contributed by atoms with Gasteiger partial charge in [0.25, 0.3) is 5.91 Å². The molecule has 2 N–H and O–H groups in total. The lowest BCUT2D eigenvalue weighted by molar-refractivity contribution is -0.119. The van der Waals surface area contributed by atoms with Crippen molar-refractivity contribution in [2.24, 2.45) is 0 Å². The molecule has 1 aromatic carbocycles. The molecule has 7 heteroatoms. The molecule has 0 radical (unpaired) electrons. The first-order valence-electron chi connectivity index (χ1n) is 7.70. The monoisotopic (exact) mass is 338 g/mol. The summed E-state index contributed by atoms with van der Waals surface area (Å²) in [6.45, 7) is 0.581. The predicted molar refractivity (Wildman–Crippen MR) is 91.4 cm³/mol. The van der Waals surface area contributed by atoms with E-state index < -0.39 is 6.04 Å². The van der Waals surface area contributed by atoms with Gasteiger partial charge in [-0.25, -0.2) is 0 Å². The quantitative estimate of drug-likeness (QED) is 0.881. The number of nitrogens with zero attached hydrogens (tertiary/aromatic N) is 2. The van der Waals surface area contributed by atoms with Gasteiger partial charge in [-0.15, -0.1) is 11.3 Å². The summed E-state index contributed by atoms with van der Waals surface area (Å²) in [5.74, 6) is -0.381. The summed E-state index contributed by atoms with van der Waals surface area (Å²) in [5.41, 5.74) is 1.47. The predicted octanol–water partition coefficient (Wildman–Crippen LogP) is 2.92. The fraction of sp³-hybridized carbons (Fsp3) is 0.235. The minimum Gasteiger partial charge on any atom is -0.346 e. The first-order chi connectivity index (χ1) is 11.7. The van der Waals surface area contributed by atoms with Gasteiger partial charge in [0, 0.05) is 12.2 Å². The molecule has 6 nitrogen and oxygen atoms in total. The van der Waals surface area contributed by atoms with Crippen molar-refractivity contribution < 1.29 is 9.59 Å². The molecule has 3 heterocycles. The van der Waals surface area contributed by atoms with Gasteiger partial charge in [-0.3, -0.25) is 9.59 Å². The highest BCUT2D eigenvalue weighted by Crippen LogP contribution is 2.42. The van der Waals surface area contributed by atoms with Crippen molar-refractivity contribution in [3.8, 4) is 6.07 Å². The lowest BCUT2D eigenvalue weighted by atomic mass is 10.2. The average molecular weight is 338 g/mol. The second-order valence-electron chi connectivity index (χ2n) is 5.76. The molecule has 1 saturated heterocycles. The molecule has 2 amide bonds.